The van der Waals surface area contributed by atoms with Gasteiger partial charge in [0.05, 0.1) is 0 Å². The Morgan fingerprint density at radius 3 is 2.83 bits per heavy atom. The zero-order chi connectivity index (χ0) is 13.1. The summed E-state index contributed by atoms with van der Waals surface area (Å²) in [4.78, 5) is 0.367. The molecule has 1 aromatic carbocycles. The van der Waals surface area contributed by atoms with Crippen molar-refractivity contribution in [3.05, 3.63) is 51.2 Å². The van der Waals surface area contributed by atoms with Crippen molar-refractivity contribution in [3.63, 3.8) is 0 Å². The van der Waals surface area contributed by atoms with E-state index in [1.807, 2.05) is 12.1 Å². The van der Waals surface area contributed by atoms with E-state index in [1.54, 1.807) is 17.4 Å². The molecule has 0 fully saturated rings. The maximum absolute atomic E-state index is 6.01. The normalized spacial score (nSPS) is 12.1. The standard InChI is InChI=1S/C13H13ClN2S2/c1-8(9-4-5-18-7-9)16-12-6-10(14)2-3-11(12)13(15)17/h2-8,16H,1H3,(H2,15,17). The second-order valence-corrected chi connectivity index (χ2v) is 5.63. The molecule has 18 heavy (non-hydrogen) atoms. The third-order valence-electron chi connectivity index (χ3n) is 2.66. The number of thiophene rings is 1. The van der Waals surface area contributed by atoms with Crippen LogP contribution in [0.4, 0.5) is 5.69 Å². The van der Waals surface area contributed by atoms with Crippen LogP contribution in [0.15, 0.2) is 35.0 Å². The molecule has 0 aliphatic heterocycles. The van der Waals surface area contributed by atoms with Crippen molar-refractivity contribution in [3.8, 4) is 0 Å². The highest BCUT2D eigenvalue weighted by molar-refractivity contribution is 7.80. The lowest BCUT2D eigenvalue weighted by atomic mass is 10.1. The maximum atomic E-state index is 6.01. The third kappa shape index (κ3) is 3.02. The lowest BCUT2D eigenvalue weighted by molar-refractivity contribution is 0.890. The fraction of sp³-hybridized carbons (Fsp3) is 0.154. The van der Waals surface area contributed by atoms with Crippen molar-refractivity contribution >= 4 is 45.8 Å². The molecule has 2 aromatic rings. The molecule has 0 amide bonds. The Balaban J connectivity index is 2.28. The molecular formula is C13H13ClN2S2. The van der Waals surface area contributed by atoms with Gasteiger partial charge in [0.25, 0.3) is 0 Å². The number of nitrogens with one attached hydrogen (secondary N) is 1. The van der Waals surface area contributed by atoms with Gasteiger partial charge in [0.2, 0.25) is 0 Å². The Morgan fingerprint density at radius 2 is 2.22 bits per heavy atom. The van der Waals surface area contributed by atoms with Gasteiger partial charge < -0.3 is 11.1 Å². The summed E-state index contributed by atoms with van der Waals surface area (Å²) in [5.41, 5.74) is 8.63. The monoisotopic (exact) mass is 296 g/mol. The van der Waals surface area contributed by atoms with E-state index in [1.165, 1.54) is 5.56 Å². The second kappa shape index (κ2) is 5.69. The van der Waals surface area contributed by atoms with Crippen LogP contribution in [0.2, 0.25) is 5.02 Å². The van der Waals surface area contributed by atoms with E-state index < -0.39 is 0 Å². The smallest absolute Gasteiger partial charge is 0.106 e. The molecule has 0 saturated carbocycles. The number of hydrogen-bond donors (Lipinski definition) is 2. The summed E-state index contributed by atoms with van der Waals surface area (Å²) >= 11 is 12.7. The Hall–Kier alpha value is -1.10. The van der Waals surface area contributed by atoms with Crippen molar-refractivity contribution < 1.29 is 0 Å². The molecule has 1 aromatic heterocycles. The number of halogens is 1. The lowest BCUT2D eigenvalue weighted by Crippen LogP contribution is -2.14. The van der Waals surface area contributed by atoms with Crippen molar-refractivity contribution in [1.82, 2.24) is 0 Å². The Kier molecular flexibility index (Phi) is 4.22. The van der Waals surface area contributed by atoms with Crippen LogP contribution in [0.5, 0.6) is 0 Å². The van der Waals surface area contributed by atoms with Crippen LogP contribution >= 0.6 is 35.2 Å². The first-order chi connectivity index (χ1) is 8.58. The van der Waals surface area contributed by atoms with Crippen LogP contribution in [0, 0.1) is 0 Å². The number of rotatable bonds is 4. The van der Waals surface area contributed by atoms with E-state index in [0.29, 0.717) is 10.0 Å². The minimum atomic E-state index is 0.183. The van der Waals surface area contributed by atoms with Gasteiger partial charge in [-0.2, -0.15) is 11.3 Å². The van der Waals surface area contributed by atoms with Gasteiger partial charge in [0, 0.05) is 22.3 Å². The SMILES string of the molecule is CC(Nc1cc(Cl)ccc1C(N)=S)c1ccsc1. The lowest BCUT2D eigenvalue weighted by Gasteiger charge is -2.17. The number of anilines is 1. The second-order valence-electron chi connectivity index (χ2n) is 3.98. The van der Waals surface area contributed by atoms with Gasteiger partial charge in [0.1, 0.15) is 4.99 Å². The van der Waals surface area contributed by atoms with Gasteiger partial charge in [0.15, 0.2) is 0 Å². The highest BCUT2D eigenvalue weighted by Crippen LogP contribution is 2.26. The first-order valence-corrected chi connectivity index (χ1v) is 7.19. The molecule has 0 bridgehead atoms. The fourth-order valence-electron chi connectivity index (χ4n) is 1.69. The van der Waals surface area contributed by atoms with E-state index in [-0.39, 0.29) is 6.04 Å². The molecule has 0 spiro atoms. The van der Waals surface area contributed by atoms with Gasteiger partial charge in [-0.3, -0.25) is 0 Å². The quantitative estimate of drug-likeness (QED) is 0.830. The molecule has 0 aliphatic rings. The molecule has 0 aliphatic carbocycles. The van der Waals surface area contributed by atoms with Crippen LogP contribution < -0.4 is 11.1 Å². The third-order valence-corrected chi connectivity index (χ3v) is 3.82. The molecule has 0 radical (unpaired) electrons. The molecule has 3 N–H and O–H groups in total. The molecule has 2 rings (SSSR count). The van der Waals surface area contributed by atoms with Gasteiger partial charge in [-0.15, -0.1) is 0 Å². The molecule has 94 valence electrons. The first-order valence-electron chi connectivity index (χ1n) is 5.46. The molecule has 2 nitrogen and oxygen atoms in total. The zero-order valence-corrected chi connectivity index (χ0v) is 12.2. The summed E-state index contributed by atoms with van der Waals surface area (Å²) in [6.07, 6.45) is 0. The Bertz CT molecular complexity index is 552. The summed E-state index contributed by atoms with van der Waals surface area (Å²) in [5, 5.41) is 8.22. The van der Waals surface area contributed by atoms with Crippen molar-refractivity contribution in [2.24, 2.45) is 5.73 Å². The number of nitrogens with two attached hydrogens (primary N) is 1. The summed E-state index contributed by atoms with van der Waals surface area (Å²) in [6, 6.07) is 7.75. The average Bonchev–Trinajstić information content (AvgIpc) is 2.81. The summed E-state index contributed by atoms with van der Waals surface area (Å²) in [7, 11) is 0. The Morgan fingerprint density at radius 1 is 1.44 bits per heavy atom. The highest BCUT2D eigenvalue weighted by atomic mass is 35.5. The van der Waals surface area contributed by atoms with E-state index in [0.717, 1.165) is 11.3 Å². The first kappa shape index (κ1) is 13.3. The summed E-state index contributed by atoms with van der Waals surface area (Å²) in [5.74, 6) is 0. The van der Waals surface area contributed by atoms with Crippen molar-refractivity contribution in [2.75, 3.05) is 5.32 Å². The summed E-state index contributed by atoms with van der Waals surface area (Å²) < 4.78 is 0. The minimum absolute atomic E-state index is 0.183. The predicted molar refractivity (Wildman–Crippen MR) is 83.7 cm³/mol. The highest BCUT2D eigenvalue weighted by Gasteiger charge is 2.10. The molecule has 1 unspecified atom stereocenters. The van der Waals surface area contributed by atoms with Gasteiger partial charge in [-0.05, 0) is 47.5 Å². The van der Waals surface area contributed by atoms with Gasteiger partial charge in [-0.1, -0.05) is 23.8 Å². The average molecular weight is 297 g/mol. The predicted octanol–water partition coefficient (Wildman–Crippen LogP) is 4.21. The van der Waals surface area contributed by atoms with E-state index in [9.17, 15) is 0 Å². The van der Waals surface area contributed by atoms with E-state index in [4.69, 9.17) is 29.6 Å². The van der Waals surface area contributed by atoms with Crippen molar-refractivity contribution in [2.45, 2.75) is 13.0 Å². The maximum Gasteiger partial charge on any atom is 0.106 e. The largest absolute Gasteiger partial charge is 0.389 e. The molecular weight excluding hydrogens is 284 g/mol. The van der Waals surface area contributed by atoms with Gasteiger partial charge in [-0.25, -0.2) is 0 Å². The number of thiocarbonyl (C=S) groups is 1. The fourth-order valence-corrected chi connectivity index (χ4v) is 2.79. The van der Waals surface area contributed by atoms with Crippen LogP contribution in [-0.4, -0.2) is 4.99 Å². The summed E-state index contributed by atoms with van der Waals surface area (Å²) in [6.45, 7) is 2.09. The molecule has 0 saturated heterocycles. The Labute approximate surface area is 121 Å². The minimum Gasteiger partial charge on any atom is -0.389 e. The van der Waals surface area contributed by atoms with Crippen LogP contribution in [-0.2, 0) is 0 Å². The molecule has 1 atom stereocenters. The zero-order valence-electron chi connectivity index (χ0n) is 9.81. The molecule has 1 heterocycles. The number of hydrogen-bond acceptors (Lipinski definition) is 3. The van der Waals surface area contributed by atoms with Crippen molar-refractivity contribution in [1.29, 1.82) is 0 Å². The van der Waals surface area contributed by atoms with Crippen LogP contribution in [0.3, 0.4) is 0 Å². The molecule has 5 heteroatoms. The van der Waals surface area contributed by atoms with E-state index >= 15 is 0 Å². The van der Waals surface area contributed by atoms with Crippen LogP contribution in [0.25, 0.3) is 0 Å². The van der Waals surface area contributed by atoms with Crippen LogP contribution in [0.1, 0.15) is 24.1 Å². The topological polar surface area (TPSA) is 38.0 Å². The van der Waals surface area contributed by atoms with E-state index in [2.05, 4.69) is 29.1 Å². The number of benzene rings is 1. The van der Waals surface area contributed by atoms with Gasteiger partial charge >= 0.3 is 0 Å².